The van der Waals surface area contributed by atoms with Gasteiger partial charge >= 0.3 is 18.2 Å². The molecule has 3 atom stereocenters. The van der Waals surface area contributed by atoms with Crippen molar-refractivity contribution in [1.82, 2.24) is 79.6 Å². The molecular weight excluding hydrogens is 1960 g/mol. The van der Waals surface area contributed by atoms with E-state index in [4.69, 9.17) is 70.3 Å². The molecule has 0 radical (unpaired) electrons. The third kappa shape index (κ3) is 34.9. The first-order valence-electron chi connectivity index (χ1n) is 48.6. The highest BCUT2D eigenvalue weighted by atomic mass is 32.1. The number of aromatic nitrogens is 9. The molecule has 16 rings (SSSR count). The predicted molar refractivity (Wildman–Crippen MR) is 587 cm³/mol. The van der Waals surface area contributed by atoms with Gasteiger partial charge in [0.25, 0.3) is 6.54 Å². The number of nitriles is 2. The molecule has 9 N–H and O–H groups in total. The molecule has 0 aliphatic carbocycles. The van der Waals surface area contributed by atoms with Gasteiger partial charge in [0.1, 0.15) is 69.6 Å². The summed E-state index contributed by atoms with van der Waals surface area (Å²) in [5, 5.41) is 41.0. The summed E-state index contributed by atoms with van der Waals surface area (Å²) in [7, 11) is 0. The maximum atomic E-state index is 13.3. The zero-order valence-electron chi connectivity index (χ0n) is 85.9. The van der Waals surface area contributed by atoms with Crippen LogP contribution in [0.1, 0.15) is 226 Å². The van der Waals surface area contributed by atoms with Gasteiger partial charge in [-0.05, 0) is 203 Å². The minimum Gasteiger partial charge on any atom is -0.481 e. The number of carbonyl (C=O) groups excluding carboxylic acids is 5. The molecule has 3 unspecified atom stereocenters. The standard InChI is InChI=1S/C28H39N5O3S2.C23H31N5OS2.C16H18N4S2.C12H23NO4.C8H5N3S.C8H15NO.C5H6N2S.C3H2N2/c1-8-18(4)33(27(35)36-28(5,6)7)14-11-23(34)31-26-24(25-30-20-15-29-12-9-21(20)37-25)19-10-13-32(17(2)3)16-22(19)38-26;1-5-15(4)25-10-7-20(29)27-23-21(22-26-17-12-24-9-6-18(17)30-22)16-8-11-28(14(2)3)13-19(16)31-23;1-9(2)20-6-4-10-13(8-20)21-15(17)14(10)16-19-11-7-18-5-3-12(11)22-16;1-6-9(2)13(8-7-10(14)15)11(16)17-12(3,4)5;9-3-1-8-11-6-5-10-4-2-7(6)12-8;1-7(2)9-5-3-8(10)4-6-9;6-4-3-7-2-1-5(4)8;1-5-3-2-4/h9,12,15,17-18H,8,10-11,13-14,16H2,1-7H3,(H,31,34);6,9,12,14-15,25H,5,7-8,10-11,13H2,1-4H3,(H,27,29);3,5,7,9H,4,6,8,17H2,1-2H3;9H,6-8H2,1-5H3,(H,14,15);2,4-5H,1H2;7H,3-6H2,1-2H3;1-3H,6H2,(H,7,8);3H2. The van der Waals surface area contributed by atoms with E-state index in [2.05, 4.69) is 146 Å². The van der Waals surface area contributed by atoms with Crippen LogP contribution < -0.4 is 27.4 Å². The Hall–Kier alpha value is -10.9. The number of hydrogen-bond donors (Lipinski definition) is 7. The number of anilines is 4. The number of carboxylic acid groups (broad SMARTS) is 1. The molecule has 0 spiro atoms. The van der Waals surface area contributed by atoms with Crippen molar-refractivity contribution in [3.05, 3.63) is 145 Å². The number of nitrogens with zero attached hydrogens (tertiary/aromatic N) is 17. The number of likely N-dealkylation sites (tertiary alicyclic amines) is 1. The zero-order valence-corrected chi connectivity index (χ0v) is 92.4. The molecule has 1 fully saturated rings. The lowest BCUT2D eigenvalue weighted by atomic mass is 10.0. The molecule has 143 heavy (non-hydrogen) atoms. The fourth-order valence-corrected chi connectivity index (χ4v) is 23.3. The number of amides is 4. The number of nitrogen functional groups attached to an aromatic ring is 2. The van der Waals surface area contributed by atoms with E-state index >= 15 is 0 Å². The van der Waals surface area contributed by atoms with E-state index in [1.54, 1.807) is 161 Å². The van der Waals surface area contributed by atoms with Gasteiger partial charge < -0.3 is 66.5 Å². The average Bonchev–Trinajstić information content (AvgIpc) is 1.62. The highest BCUT2D eigenvalue weighted by molar-refractivity contribution is 7.71. The normalized spacial score (nSPS) is 14.3. The number of ketones is 1. The summed E-state index contributed by atoms with van der Waals surface area (Å²) in [5.41, 5.74) is 22.2. The Bertz CT molecular complexity index is 6240. The highest BCUT2D eigenvalue weighted by Crippen LogP contribution is 2.49. The molecule has 0 saturated carbocycles. The first-order valence-corrected chi connectivity index (χ1v) is 54.7. The molecule has 4 aliphatic rings. The summed E-state index contributed by atoms with van der Waals surface area (Å²) < 4.78 is 16.0. The van der Waals surface area contributed by atoms with Gasteiger partial charge in [0.05, 0.1) is 83.2 Å². The second kappa shape index (κ2) is 56.0. The van der Waals surface area contributed by atoms with Gasteiger partial charge in [-0.15, -0.1) is 79.4 Å². The van der Waals surface area contributed by atoms with Crippen LogP contribution in [-0.2, 0) is 74.0 Å². The maximum Gasteiger partial charge on any atom is 0.410 e. The van der Waals surface area contributed by atoms with E-state index in [-0.39, 0.29) is 55.9 Å². The van der Waals surface area contributed by atoms with Crippen molar-refractivity contribution >= 4 is 189 Å². The number of carbonyl (C=O) groups is 6. The Morgan fingerprint density at radius 2 is 0.930 bits per heavy atom. The van der Waals surface area contributed by atoms with Crippen molar-refractivity contribution in [2.24, 2.45) is 0 Å². The van der Waals surface area contributed by atoms with Crippen molar-refractivity contribution in [3.8, 4) is 43.9 Å². The second-order valence-corrected chi connectivity index (χ2v) is 45.9. The van der Waals surface area contributed by atoms with Gasteiger partial charge in [-0.1, -0.05) is 33.0 Å². The Morgan fingerprint density at radius 3 is 1.28 bits per heavy atom. The van der Waals surface area contributed by atoms with E-state index in [9.17, 15) is 28.8 Å². The van der Waals surface area contributed by atoms with Crippen molar-refractivity contribution in [2.45, 2.75) is 289 Å². The first-order chi connectivity index (χ1) is 68.0. The lowest BCUT2D eigenvalue weighted by Crippen LogP contribution is -2.43. The van der Waals surface area contributed by atoms with E-state index in [0.717, 1.165) is 186 Å². The summed E-state index contributed by atoms with van der Waals surface area (Å²) in [6, 6.07) is 15.9. The Balaban J connectivity index is 0.000000195. The summed E-state index contributed by atoms with van der Waals surface area (Å²) in [5.74, 6) is -0.553. The molecule has 768 valence electrons. The largest absolute Gasteiger partial charge is 0.481 e. The SMILES string of the molecule is CC(C)N1CCC(=O)CC1.CC(C)N1CCc2c(sc(N)c2-c2nc3cnccc3s2)C1.CCC(C)N(CCC(=O)Nc1sc2c(c1-c1nc3cnccc3s1)CCN(C(C)C)C2)C(=O)OC(C)(C)C.CCC(C)N(CCC(=O)O)C(=O)OC(C)(C)C.CCC(C)NCCC(=O)Nc1sc2c(c1-c1nc3cnccc3s1)CCN(C(C)C)C2.N#CCc1nc2cnccc2s1.Nc1c[nH]ccc1=S.[C-]#[N+]CC#N. The molecule has 4 aliphatic heterocycles. The minimum atomic E-state index is -0.915. The van der Waals surface area contributed by atoms with Crippen LogP contribution in [0.4, 0.5) is 30.3 Å². The number of aromatic amines is 1. The van der Waals surface area contributed by atoms with Gasteiger partial charge in [0.15, 0.2) is 0 Å². The number of pyridine rings is 5. The van der Waals surface area contributed by atoms with Gasteiger partial charge in [0, 0.05) is 208 Å². The van der Waals surface area contributed by atoms with Crippen molar-refractivity contribution in [1.29, 1.82) is 10.5 Å². The first kappa shape index (κ1) is 116. The summed E-state index contributed by atoms with van der Waals surface area (Å²) in [6.07, 6.45) is 24.9. The predicted octanol–water partition coefficient (Wildman–Crippen LogP) is 22.3. The fourth-order valence-electron chi connectivity index (χ4n) is 15.3. The third-order valence-corrected chi connectivity index (χ3v) is 31.7. The Morgan fingerprint density at radius 1 is 0.538 bits per heavy atom. The van der Waals surface area contributed by atoms with E-state index in [0.29, 0.717) is 72.1 Å². The van der Waals surface area contributed by atoms with E-state index in [1.165, 1.54) is 46.5 Å². The Kier molecular flexibility index (Phi) is 45.3. The fraction of sp³-hybridized carbons (Fsp3) is 0.515. The molecule has 0 bridgehead atoms. The number of Topliss-reactive ketones (excluding diaryl/α,β-unsaturated/α-hetero) is 1. The molecule has 12 aromatic heterocycles. The summed E-state index contributed by atoms with van der Waals surface area (Å²) in [6.45, 7) is 55.8. The lowest BCUT2D eigenvalue weighted by molar-refractivity contribution is -0.137. The number of carboxylic acids is 1. The number of ether oxygens (including phenoxy) is 2. The van der Waals surface area contributed by atoms with Crippen LogP contribution in [0.2, 0.25) is 0 Å². The zero-order chi connectivity index (χ0) is 105. The molecule has 40 heteroatoms. The second-order valence-electron chi connectivity index (χ2n) is 37.9. The van der Waals surface area contributed by atoms with Crippen molar-refractivity contribution in [3.63, 3.8) is 0 Å². The number of nitrogens with two attached hydrogens (primary N) is 2. The Labute approximate surface area is 873 Å². The third-order valence-electron chi connectivity index (χ3n) is 23.9. The smallest absolute Gasteiger partial charge is 0.410 e. The van der Waals surface area contributed by atoms with Crippen LogP contribution in [-0.4, -0.2) is 228 Å². The van der Waals surface area contributed by atoms with Crippen LogP contribution in [0.3, 0.4) is 0 Å². The molecule has 12 aromatic rings. The lowest BCUT2D eigenvalue weighted by Gasteiger charge is -2.31. The molecule has 1 saturated heterocycles. The summed E-state index contributed by atoms with van der Waals surface area (Å²) in [4.78, 5) is 130. The monoisotopic (exact) mass is 2100 g/mol. The van der Waals surface area contributed by atoms with Gasteiger partial charge in [0.2, 0.25) is 11.8 Å². The topological polar surface area (TPSA) is 420 Å². The average molecular weight is 2100 g/mol. The van der Waals surface area contributed by atoms with Crippen LogP contribution >= 0.6 is 91.6 Å². The van der Waals surface area contributed by atoms with Crippen molar-refractivity contribution < 1.29 is 43.3 Å². The number of hydrogen-bond acceptors (Lipinski definition) is 33. The van der Waals surface area contributed by atoms with Gasteiger partial charge in [-0.2, -0.15) is 10.5 Å². The number of nitrogens with one attached hydrogen (secondary N) is 4. The number of piperidine rings is 1. The maximum absolute atomic E-state index is 13.3. The van der Waals surface area contributed by atoms with E-state index < -0.39 is 23.3 Å². The highest BCUT2D eigenvalue weighted by Gasteiger charge is 2.35. The summed E-state index contributed by atoms with van der Waals surface area (Å²) >= 11 is 16.5. The number of thiazole rings is 4. The number of rotatable bonds is 25. The van der Waals surface area contributed by atoms with Crippen LogP contribution in [0, 0.1) is 33.7 Å². The molecule has 32 nitrogen and oxygen atoms in total. The molecule has 0 aromatic carbocycles. The molecule has 16 heterocycles. The minimum absolute atomic E-state index is 0.0139. The van der Waals surface area contributed by atoms with Gasteiger partial charge in [-0.25, -0.2) is 36.1 Å². The van der Waals surface area contributed by atoms with Crippen LogP contribution in [0.25, 0.3) is 77.4 Å². The number of H-pyrrole nitrogens is 1. The van der Waals surface area contributed by atoms with E-state index in [1.807, 2.05) is 91.3 Å². The van der Waals surface area contributed by atoms with Crippen molar-refractivity contribution in [2.75, 3.05) is 81.0 Å². The van der Waals surface area contributed by atoms with Crippen LogP contribution in [0.15, 0.2) is 92.3 Å². The molecular formula is C103H139N23O9S8. The molecule has 4 amide bonds. The number of fused-ring (bicyclic) bond motifs is 7. The quantitative estimate of drug-likeness (QED) is 0.0159. The number of thiophene rings is 3. The van der Waals surface area contributed by atoms with Gasteiger partial charge in [-0.3, -0.25) is 53.8 Å². The number of aliphatic carboxylic acids is 1. The van der Waals surface area contributed by atoms with Crippen LogP contribution in [0.5, 0.6) is 0 Å².